The minimum absolute atomic E-state index is 0.0692. The Bertz CT molecular complexity index is 857. The fourth-order valence-electron chi connectivity index (χ4n) is 6.62. The molecule has 1 saturated carbocycles. The van der Waals surface area contributed by atoms with E-state index in [-0.39, 0.29) is 24.0 Å². The van der Waals surface area contributed by atoms with Crippen LogP contribution in [0.15, 0.2) is 47.6 Å². The van der Waals surface area contributed by atoms with Gasteiger partial charge in [0.05, 0.1) is 12.6 Å². The number of carbonyl (C=O) groups is 1. The van der Waals surface area contributed by atoms with Gasteiger partial charge in [0.2, 0.25) is 5.91 Å². The molecular weight excluding hydrogens is 312 g/mol. The lowest BCUT2D eigenvalue weighted by molar-refractivity contribution is -0.118. The van der Waals surface area contributed by atoms with Gasteiger partial charge in [-0.15, -0.1) is 0 Å². The lowest BCUT2D eigenvalue weighted by atomic mass is 9.57. The number of rotatable bonds is 1. The smallest absolute Gasteiger partial charge is 0.231 e. The number of carbonyl (C=O) groups excluding carboxylic acids is 1. The number of piperidine rings is 1. The van der Waals surface area contributed by atoms with Gasteiger partial charge in [0.25, 0.3) is 0 Å². The maximum Gasteiger partial charge on any atom is 0.231 e. The third-order valence-corrected chi connectivity index (χ3v) is 7.40. The van der Waals surface area contributed by atoms with Crippen LogP contribution in [0.5, 0.6) is 0 Å². The molecule has 4 heterocycles. The molecule has 5 aliphatic rings. The first-order valence-corrected chi connectivity index (χ1v) is 9.41. The quantitative estimate of drug-likeness (QED) is 0.799. The Hall–Kier alpha value is -1.91. The van der Waals surface area contributed by atoms with Gasteiger partial charge < -0.3 is 10.0 Å². The number of para-hydroxylation sites is 1. The Balaban J connectivity index is 1.64. The van der Waals surface area contributed by atoms with Crippen LogP contribution in [-0.4, -0.2) is 47.7 Å². The number of aliphatic hydroxyl groups is 1. The number of hydrogen-bond donors (Lipinski definition) is 1. The van der Waals surface area contributed by atoms with Crippen LogP contribution < -0.4 is 4.90 Å². The predicted octanol–water partition coefficient (Wildman–Crippen LogP) is 2.00. The summed E-state index contributed by atoms with van der Waals surface area (Å²) in [6, 6.07) is 9.29. The van der Waals surface area contributed by atoms with Crippen molar-refractivity contribution in [3.8, 4) is 0 Å². The number of aliphatic hydroxyl groups excluding tert-OH is 1. The van der Waals surface area contributed by atoms with Gasteiger partial charge in [0.1, 0.15) is 0 Å². The highest BCUT2D eigenvalue weighted by molar-refractivity contribution is 6.00. The van der Waals surface area contributed by atoms with E-state index in [1.165, 1.54) is 16.7 Å². The summed E-state index contributed by atoms with van der Waals surface area (Å²) in [5.41, 5.74) is 5.39. The molecule has 1 N–H and O–H groups in total. The Morgan fingerprint density at radius 1 is 1.32 bits per heavy atom. The van der Waals surface area contributed by atoms with E-state index in [0.717, 1.165) is 31.6 Å². The summed E-state index contributed by atoms with van der Waals surface area (Å²) in [6.45, 7) is 2.16. The molecule has 1 unspecified atom stereocenters. The van der Waals surface area contributed by atoms with Crippen LogP contribution in [-0.2, 0) is 10.2 Å². The van der Waals surface area contributed by atoms with Crippen LogP contribution in [0.2, 0.25) is 0 Å². The van der Waals surface area contributed by atoms with Crippen LogP contribution in [0, 0.1) is 5.92 Å². The number of nitrogens with zero attached hydrogens (tertiary/aromatic N) is 2. The van der Waals surface area contributed by atoms with Gasteiger partial charge in [-0.05, 0) is 36.6 Å². The van der Waals surface area contributed by atoms with Gasteiger partial charge in [0, 0.05) is 36.0 Å². The molecular formula is C21H22N2O2. The molecule has 1 amide bonds. The van der Waals surface area contributed by atoms with E-state index in [4.69, 9.17) is 0 Å². The molecule has 2 bridgehead atoms. The minimum atomic E-state index is 0.0692. The summed E-state index contributed by atoms with van der Waals surface area (Å²) >= 11 is 0. The third kappa shape index (κ3) is 1.50. The fraction of sp³-hybridized carbons (Fsp3) is 0.476. The summed E-state index contributed by atoms with van der Waals surface area (Å²) in [6.07, 6.45) is 6.99. The second-order valence-corrected chi connectivity index (χ2v) is 8.12. The van der Waals surface area contributed by atoms with Crippen molar-refractivity contribution in [2.45, 2.75) is 36.8 Å². The van der Waals surface area contributed by atoms with Crippen molar-refractivity contribution in [1.29, 1.82) is 0 Å². The summed E-state index contributed by atoms with van der Waals surface area (Å²) in [4.78, 5) is 17.6. The second kappa shape index (κ2) is 4.63. The molecule has 1 aliphatic carbocycles. The molecule has 4 aliphatic heterocycles. The van der Waals surface area contributed by atoms with Gasteiger partial charge in [-0.25, -0.2) is 0 Å². The first-order valence-electron chi connectivity index (χ1n) is 9.41. The number of amides is 1. The normalized spacial score (nSPS) is 39.5. The van der Waals surface area contributed by atoms with Gasteiger partial charge in [0.15, 0.2) is 0 Å². The number of fused-ring (bicyclic) bond motifs is 4. The standard InChI is InChI=1S/C21H22N2O2/c24-10-7-13-12-22-9-8-21-16-3-1-2-4-17(16)23-19(25)6-5-14(20(21)23)15(13)11-18(21)22/h1-5,7,15,18,20,24H,6,8-12H2/b13-7-/t15-,18?,20-,21+/m0/s1. The molecule has 4 heteroatoms. The lowest BCUT2D eigenvalue weighted by Gasteiger charge is -2.54. The predicted molar refractivity (Wildman–Crippen MR) is 95.3 cm³/mol. The monoisotopic (exact) mass is 334 g/mol. The van der Waals surface area contributed by atoms with Crippen molar-refractivity contribution in [3.05, 3.63) is 53.1 Å². The zero-order chi connectivity index (χ0) is 16.8. The molecule has 1 aromatic carbocycles. The minimum Gasteiger partial charge on any atom is -0.392 e. The van der Waals surface area contributed by atoms with Gasteiger partial charge in [-0.2, -0.15) is 0 Å². The molecule has 3 fully saturated rings. The van der Waals surface area contributed by atoms with E-state index in [1.54, 1.807) is 0 Å². The van der Waals surface area contributed by atoms with Crippen molar-refractivity contribution in [2.75, 3.05) is 24.6 Å². The zero-order valence-electron chi connectivity index (χ0n) is 14.2. The highest BCUT2D eigenvalue weighted by atomic mass is 16.2. The number of benzene rings is 1. The van der Waals surface area contributed by atoms with E-state index >= 15 is 0 Å². The molecule has 0 radical (unpaired) electrons. The first kappa shape index (κ1) is 14.3. The van der Waals surface area contributed by atoms with Crippen LogP contribution in [0.4, 0.5) is 5.69 Å². The van der Waals surface area contributed by atoms with Crippen molar-refractivity contribution in [2.24, 2.45) is 5.92 Å². The lowest BCUT2D eigenvalue weighted by Crippen LogP contribution is -2.62. The summed E-state index contributed by atoms with van der Waals surface area (Å²) in [7, 11) is 0. The van der Waals surface area contributed by atoms with E-state index < -0.39 is 0 Å². The Morgan fingerprint density at radius 2 is 2.20 bits per heavy atom. The summed E-state index contributed by atoms with van der Waals surface area (Å²) in [5.74, 6) is 0.638. The van der Waals surface area contributed by atoms with E-state index in [1.807, 2.05) is 6.08 Å². The molecule has 6 rings (SSSR count). The van der Waals surface area contributed by atoms with E-state index in [2.05, 4.69) is 40.1 Å². The zero-order valence-corrected chi connectivity index (χ0v) is 14.2. The molecule has 1 aromatic rings. The molecule has 4 nitrogen and oxygen atoms in total. The van der Waals surface area contributed by atoms with E-state index in [9.17, 15) is 9.90 Å². The molecule has 4 atom stereocenters. The average Bonchev–Trinajstić information content (AvgIpc) is 3.17. The summed E-state index contributed by atoms with van der Waals surface area (Å²) in [5, 5.41) is 9.50. The Kier molecular flexibility index (Phi) is 2.64. The van der Waals surface area contributed by atoms with Crippen LogP contribution >= 0.6 is 0 Å². The fourth-order valence-corrected chi connectivity index (χ4v) is 6.62. The average molecular weight is 334 g/mol. The van der Waals surface area contributed by atoms with Crippen LogP contribution in [0.3, 0.4) is 0 Å². The largest absolute Gasteiger partial charge is 0.392 e. The molecule has 1 spiro atoms. The molecule has 128 valence electrons. The Morgan fingerprint density at radius 3 is 3.08 bits per heavy atom. The first-order chi connectivity index (χ1) is 12.3. The van der Waals surface area contributed by atoms with Crippen molar-refractivity contribution < 1.29 is 9.90 Å². The third-order valence-electron chi connectivity index (χ3n) is 7.40. The highest BCUT2D eigenvalue weighted by Crippen LogP contribution is 2.63. The van der Waals surface area contributed by atoms with Crippen molar-refractivity contribution in [1.82, 2.24) is 4.90 Å². The molecule has 2 saturated heterocycles. The molecule has 0 aromatic heterocycles. The number of hydrogen-bond acceptors (Lipinski definition) is 3. The Labute approximate surface area is 147 Å². The number of anilines is 1. The SMILES string of the molecule is O=C1CC=C2[C@H]3CC4N(CC[C@@]45c4ccccc4N1[C@@H]25)C/C3=C/CO. The maximum atomic E-state index is 12.9. The van der Waals surface area contributed by atoms with Gasteiger partial charge in [-0.3, -0.25) is 9.69 Å². The van der Waals surface area contributed by atoms with E-state index in [0.29, 0.717) is 18.4 Å². The van der Waals surface area contributed by atoms with Crippen molar-refractivity contribution in [3.63, 3.8) is 0 Å². The van der Waals surface area contributed by atoms with Crippen LogP contribution in [0.25, 0.3) is 0 Å². The van der Waals surface area contributed by atoms with Crippen molar-refractivity contribution >= 4 is 11.6 Å². The van der Waals surface area contributed by atoms with Gasteiger partial charge in [-0.1, -0.05) is 35.9 Å². The maximum absolute atomic E-state index is 12.9. The van der Waals surface area contributed by atoms with Crippen LogP contribution in [0.1, 0.15) is 24.8 Å². The van der Waals surface area contributed by atoms with Gasteiger partial charge >= 0.3 is 0 Å². The molecule has 25 heavy (non-hydrogen) atoms. The highest BCUT2D eigenvalue weighted by Gasteiger charge is 2.67. The topological polar surface area (TPSA) is 43.8 Å². The summed E-state index contributed by atoms with van der Waals surface area (Å²) < 4.78 is 0. The second-order valence-electron chi connectivity index (χ2n) is 8.12.